The van der Waals surface area contributed by atoms with Crippen molar-refractivity contribution in [1.29, 1.82) is 0 Å². The Balaban J connectivity index is 1.90. The minimum Gasteiger partial charge on any atom is -0.296 e. The normalized spacial score (nSPS) is 10.8. The Kier molecular flexibility index (Phi) is 4.68. The second-order valence-electron chi connectivity index (χ2n) is 6.37. The summed E-state index contributed by atoms with van der Waals surface area (Å²) in [7, 11) is 0. The molecule has 0 saturated carbocycles. The quantitative estimate of drug-likeness (QED) is 0.722. The fourth-order valence-corrected chi connectivity index (χ4v) is 3.77. The zero-order valence-electron chi connectivity index (χ0n) is 15.1. The Morgan fingerprint density at radius 1 is 0.960 bits per heavy atom. The van der Waals surface area contributed by atoms with Gasteiger partial charge in [0.1, 0.15) is 5.01 Å². The molecule has 25 heavy (non-hydrogen) atoms. The Hall–Kier alpha value is -2.53. The third kappa shape index (κ3) is 3.46. The zero-order chi connectivity index (χ0) is 18.1. The number of carbonyl (C=O) groups excluding carboxylic acids is 1. The molecule has 4 nitrogen and oxygen atoms in total. The topological polar surface area (TPSA) is 54.9 Å². The lowest BCUT2D eigenvalue weighted by Crippen LogP contribution is -2.11. The Morgan fingerprint density at radius 3 is 2.28 bits per heavy atom. The molecule has 1 heterocycles. The smallest absolute Gasteiger partial charge is 0.257 e. The molecule has 1 N–H and O–H groups in total. The molecule has 2 aromatic carbocycles. The van der Waals surface area contributed by atoms with Crippen molar-refractivity contribution in [2.75, 3.05) is 5.32 Å². The van der Waals surface area contributed by atoms with E-state index in [1.54, 1.807) is 6.07 Å². The van der Waals surface area contributed by atoms with Gasteiger partial charge in [0.05, 0.1) is 0 Å². The first-order valence-corrected chi connectivity index (χ1v) is 8.97. The number of aromatic nitrogens is 2. The third-order valence-corrected chi connectivity index (χ3v) is 5.36. The Labute approximate surface area is 151 Å². The van der Waals surface area contributed by atoms with Crippen LogP contribution < -0.4 is 5.32 Å². The lowest BCUT2D eigenvalue weighted by Gasteiger charge is -2.12. The summed E-state index contributed by atoms with van der Waals surface area (Å²) >= 11 is 1.40. The van der Waals surface area contributed by atoms with Crippen molar-refractivity contribution in [1.82, 2.24) is 10.2 Å². The number of carbonyl (C=O) groups is 1. The average molecular weight is 351 g/mol. The van der Waals surface area contributed by atoms with Crippen LogP contribution in [0.1, 0.15) is 38.2 Å². The van der Waals surface area contributed by atoms with Crippen molar-refractivity contribution in [2.24, 2.45) is 0 Å². The highest BCUT2D eigenvalue weighted by Crippen LogP contribution is 2.34. The molecule has 0 aliphatic rings. The van der Waals surface area contributed by atoms with E-state index < -0.39 is 0 Å². The van der Waals surface area contributed by atoms with Gasteiger partial charge in [-0.15, -0.1) is 10.2 Å². The van der Waals surface area contributed by atoms with Crippen LogP contribution in [0.4, 0.5) is 5.13 Å². The second kappa shape index (κ2) is 6.76. The molecular formula is C20H21N3OS. The van der Waals surface area contributed by atoms with E-state index in [2.05, 4.69) is 49.3 Å². The summed E-state index contributed by atoms with van der Waals surface area (Å²) < 4.78 is 0. The molecule has 128 valence electrons. The summed E-state index contributed by atoms with van der Waals surface area (Å²) in [6.07, 6.45) is 0. The molecule has 3 aromatic rings. The standard InChI is InChI=1S/C20H21N3OS/c1-11-7-6-8-16(9-11)18(24)21-20-23-22-19(25-20)17-14(4)12(2)10-13(3)15(17)5/h6-10H,1-5H3,(H,21,23,24). The molecule has 1 aromatic heterocycles. The van der Waals surface area contributed by atoms with Gasteiger partial charge in [-0.2, -0.15) is 0 Å². The van der Waals surface area contributed by atoms with Crippen molar-refractivity contribution < 1.29 is 4.79 Å². The van der Waals surface area contributed by atoms with E-state index in [1.165, 1.54) is 33.6 Å². The summed E-state index contributed by atoms with van der Waals surface area (Å²) in [4.78, 5) is 12.4. The molecule has 0 unspecified atom stereocenters. The summed E-state index contributed by atoms with van der Waals surface area (Å²) in [5.74, 6) is -0.166. The first-order valence-electron chi connectivity index (χ1n) is 8.16. The van der Waals surface area contributed by atoms with Crippen molar-refractivity contribution >= 4 is 22.4 Å². The number of nitrogens with zero attached hydrogens (tertiary/aromatic N) is 2. The van der Waals surface area contributed by atoms with E-state index in [0.717, 1.165) is 16.1 Å². The monoisotopic (exact) mass is 351 g/mol. The summed E-state index contributed by atoms with van der Waals surface area (Å²) in [5, 5.41) is 12.7. The van der Waals surface area contributed by atoms with Crippen molar-refractivity contribution in [3.8, 4) is 10.6 Å². The van der Waals surface area contributed by atoms with Gasteiger partial charge in [-0.1, -0.05) is 35.1 Å². The van der Waals surface area contributed by atoms with Gasteiger partial charge >= 0.3 is 0 Å². The number of rotatable bonds is 3. The maximum absolute atomic E-state index is 12.4. The van der Waals surface area contributed by atoms with Gasteiger partial charge in [0.2, 0.25) is 5.13 Å². The fraction of sp³-hybridized carbons (Fsp3) is 0.250. The van der Waals surface area contributed by atoms with Crippen LogP contribution in [0.25, 0.3) is 10.6 Å². The van der Waals surface area contributed by atoms with Crippen LogP contribution in [0.5, 0.6) is 0 Å². The molecule has 0 atom stereocenters. The molecule has 0 fully saturated rings. The summed E-state index contributed by atoms with van der Waals surface area (Å²) in [5.41, 5.74) is 7.66. The number of anilines is 1. The molecule has 0 bridgehead atoms. The number of nitrogens with one attached hydrogen (secondary N) is 1. The van der Waals surface area contributed by atoms with E-state index >= 15 is 0 Å². The number of amides is 1. The zero-order valence-corrected chi connectivity index (χ0v) is 15.9. The van der Waals surface area contributed by atoms with Crippen molar-refractivity contribution in [2.45, 2.75) is 34.6 Å². The molecule has 0 spiro atoms. The molecule has 0 radical (unpaired) electrons. The fourth-order valence-electron chi connectivity index (χ4n) is 2.87. The number of hydrogen-bond acceptors (Lipinski definition) is 4. The van der Waals surface area contributed by atoms with E-state index in [1.807, 2.05) is 25.1 Å². The number of aryl methyl sites for hydroxylation is 3. The summed E-state index contributed by atoms with van der Waals surface area (Å²) in [6.45, 7) is 10.4. The van der Waals surface area contributed by atoms with Gasteiger partial charge in [0, 0.05) is 11.1 Å². The average Bonchev–Trinajstić information content (AvgIpc) is 3.01. The van der Waals surface area contributed by atoms with E-state index in [4.69, 9.17) is 0 Å². The van der Waals surface area contributed by atoms with Gasteiger partial charge in [-0.3, -0.25) is 10.1 Å². The number of benzene rings is 2. The SMILES string of the molecule is Cc1cccc(C(=O)Nc2nnc(-c3c(C)c(C)cc(C)c3C)s2)c1. The molecule has 0 saturated heterocycles. The maximum Gasteiger partial charge on any atom is 0.257 e. The van der Waals surface area contributed by atoms with Crippen molar-refractivity contribution in [3.63, 3.8) is 0 Å². The largest absolute Gasteiger partial charge is 0.296 e. The van der Waals surface area contributed by atoms with Gasteiger partial charge in [-0.25, -0.2) is 0 Å². The van der Waals surface area contributed by atoms with Gasteiger partial charge < -0.3 is 0 Å². The van der Waals surface area contributed by atoms with Crippen LogP contribution >= 0.6 is 11.3 Å². The predicted octanol–water partition coefficient (Wildman–Crippen LogP) is 5.00. The van der Waals surface area contributed by atoms with Gasteiger partial charge in [0.25, 0.3) is 5.91 Å². The summed E-state index contributed by atoms with van der Waals surface area (Å²) in [6, 6.07) is 9.68. The van der Waals surface area contributed by atoms with Crippen LogP contribution in [0, 0.1) is 34.6 Å². The molecule has 5 heteroatoms. The predicted molar refractivity (Wildman–Crippen MR) is 103 cm³/mol. The highest BCUT2D eigenvalue weighted by molar-refractivity contribution is 7.18. The van der Waals surface area contributed by atoms with Crippen LogP contribution in [0.2, 0.25) is 0 Å². The van der Waals surface area contributed by atoms with E-state index in [9.17, 15) is 4.79 Å². The van der Waals surface area contributed by atoms with Gasteiger partial charge in [0.15, 0.2) is 0 Å². The molecule has 1 amide bonds. The third-order valence-electron chi connectivity index (χ3n) is 4.51. The first-order chi connectivity index (χ1) is 11.9. The molecular weight excluding hydrogens is 330 g/mol. The minimum atomic E-state index is -0.166. The Bertz CT molecular complexity index is 933. The van der Waals surface area contributed by atoms with E-state index in [0.29, 0.717) is 10.7 Å². The highest BCUT2D eigenvalue weighted by atomic mass is 32.1. The minimum absolute atomic E-state index is 0.166. The Morgan fingerprint density at radius 2 is 1.64 bits per heavy atom. The molecule has 0 aliphatic carbocycles. The van der Waals surface area contributed by atoms with Crippen LogP contribution in [0.3, 0.4) is 0 Å². The number of hydrogen-bond donors (Lipinski definition) is 1. The van der Waals surface area contributed by atoms with Crippen LogP contribution in [-0.4, -0.2) is 16.1 Å². The first kappa shape index (κ1) is 17.3. The van der Waals surface area contributed by atoms with Crippen LogP contribution in [0.15, 0.2) is 30.3 Å². The van der Waals surface area contributed by atoms with Crippen LogP contribution in [-0.2, 0) is 0 Å². The lowest BCUT2D eigenvalue weighted by atomic mass is 9.95. The molecule has 3 rings (SSSR count). The second-order valence-corrected chi connectivity index (χ2v) is 7.35. The molecule has 0 aliphatic heterocycles. The lowest BCUT2D eigenvalue weighted by molar-refractivity contribution is 0.102. The highest BCUT2D eigenvalue weighted by Gasteiger charge is 2.16. The van der Waals surface area contributed by atoms with Crippen molar-refractivity contribution in [3.05, 3.63) is 63.7 Å². The maximum atomic E-state index is 12.4. The van der Waals surface area contributed by atoms with E-state index in [-0.39, 0.29) is 5.91 Å². The van der Waals surface area contributed by atoms with Gasteiger partial charge in [-0.05, 0) is 69.0 Å².